The molecule has 32 heavy (non-hydrogen) atoms. The summed E-state index contributed by atoms with van der Waals surface area (Å²) in [7, 11) is 0. The second kappa shape index (κ2) is 7.93. The molecule has 5 rings (SSSR count). The predicted octanol–water partition coefficient (Wildman–Crippen LogP) is 4.20. The molecular weight excluding hydrogens is 414 g/mol. The van der Waals surface area contributed by atoms with Crippen molar-refractivity contribution in [2.45, 2.75) is 44.9 Å². The van der Waals surface area contributed by atoms with Crippen molar-refractivity contribution in [1.82, 2.24) is 19.9 Å². The van der Waals surface area contributed by atoms with Gasteiger partial charge in [-0.1, -0.05) is 12.1 Å². The van der Waals surface area contributed by atoms with E-state index in [-0.39, 0.29) is 41.0 Å². The number of aryl methyl sites for hydroxylation is 1. The largest absolute Gasteiger partial charge is 0.472 e. The summed E-state index contributed by atoms with van der Waals surface area (Å²) in [4.78, 5) is 27.6. The molecular formula is C24H22F2N4O2. The summed E-state index contributed by atoms with van der Waals surface area (Å²) in [5.74, 6) is -0.777. The molecule has 2 aliphatic rings. The average molecular weight is 436 g/mol. The fourth-order valence-corrected chi connectivity index (χ4v) is 4.88. The van der Waals surface area contributed by atoms with Gasteiger partial charge in [0.25, 0.3) is 5.91 Å². The Labute approximate surface area is 184 Å². The number of carbonyl (C=O) groups excluding carboxylic acids is 1. The SMILES string of the molecule is Cc1ccc(OC2CC3CC2N(C(=O)c2cccc(F)c2-c2ncc(F)cn2)C3C)nc1. The van der Waals surface area contributed by atoms with Gasteiger partial charge in [0.1, 0.15) is 11.9 Å². The van der Waals surface area contributed by atoms with Gasteiger partial charge < -0.3 is 9.64 Å². The number of amides is 1. The Kier molecular flexibility index (Phi) is 5.07. The van der Waals surface area contributed by atoms with Crippen molar-refractivity contribution in [3.8, 4) is 17.3 Å². The molecule has 8 heteroatoms. The highest BCUT2D eigenvalue weighted by molar-refractivity contribution is 6.00. The highest BCUT2D eigenvalue weighted by Gasteiger charge is 2.53. The van der Waals surface area contributed by atoms with Crippen molar-refractivity contribution in [1.29, 1.82) is 0 Å². The van der Waals surface area contributed by atoms with Crippen LogP contribution in [0.5, 0.6) is 5.88 Å². The summed E-state index contributed by atoms with van der Waals surface area (Å²) in [5, 5.41) is 0. The normalized spacial score (nSPS) is 24.1. The lowest BCUT2D eigenvalue weighted by atomic mass is 9.97. The van der Waals surface area contributed by atoms with E-state index >= 15 is 0 Å². The lowest BCUT2D eigenvalue weighted by molar-refractivity contribution is 0.0314. The van der Waals surface area contributed by atoms with Gasteiger partial charge in [-0.3, -0.25) is 4.79 Å². The molecule has 3 aromatic rings. The summed E-state index contributed by atoms with van der Waals surface area (Å²) in [5.41, 5.74) is 1.17. The van der Waals surface area contributed by atoms with E-state index in [9.17, 15) is 13.6 Å². The highest BCUT2D eigenvalue weighted by Crippen LogP contribution is 2.45. The minimum Gasteiger partial charge on any atom is -0.472 e. The van der Waals surface area contributed by atoms with Gasteiger partial charge in [-0.25, -0.2) is 23.7 Å². The number of carbonyl (C=O) groups is 1. The molecule has 2 bridgehead atoms. The topological polar surface area (TPSA) is 68.2 Å². The summed E-state index contributed by atoms with van der Waals surface area (Å²) < 4.78 is 34.2. The second-order valence-corrected chi connectivity index (χ2v) is 8.47. The van der Waals surface area contributed by atoms with Crippen LogP contribution in [0.2, 0.25) is 0 Å². The van der Waals surface area contributed by atoms with Gasteiger partial charge in [-0.2, -0.15) is 0 Å². The molecule has 0 N–H and O–H groups in total. The molecule has 3 heterocycles. The monoisotopic (exact) mass is 436 g/mol. The smallest absolute Gasteiger partial charge is 0.255 e. The number of likely N-dealkylation sites (tertiary alicyclic amines) is 1. The summed E-state index contributed by atoms with van der Waals surface area (Å²) >= 11 is 0. The van der Waals surface area contributed by atoms with Gasteiger partial charge in [-0.05, 0) is 50.3 Å². The maximum absolute atomic E-state index is 14.8. The number of fused-ring (bicyclic) bond motifs is 2. The van der Waals surface area contributed by atoms with Gasteiger partial charge in [0.2, 0.25) is 5.88 Å². The molecule has 1 amide bonds. The van der Waals surface area contributed by atoms with Crippen molar-refractivity contribution in [2.75, 3.05) is 0 Å². The van der Waals surface area contributed by atoms with E-state index in [4.69, 9.17) is 4.74 Å². The molecule has 4 atom stereocenters. The van der Waals surface area contributed by atoms with Crippen molar-refractivity contribution < 1.29 is 18.3 Å². The lowest BCUT2D eigenvalue weighted by Gasteiger charge is -2.38. The Hall–Kier alpha value is -3.42. The summed E-state index contributed by atoms with van der Waals surface area (Å²) in [6.07, 6.45) is 5.14. The van der Waals surface area contributed by atoms with E-state index in [1.807, 2.05) is 26.0 Å². The number of halogens is 2. The number of pyridine rings is 1. The van der Waals surface area contributed by atoms with E-state index in [2.05, 4.69) is 15.0 Å². The quantitative estimate of drug-likeness (QED) is 0.613. The highest BCUT2D eigenvalue weighted by atomic mass is 19.1. The first-order chi connectivity index (χ1) is 15.4. The molecule has 2 aromatic heterocycles. The van der Waals surface area contributed by atoms with Crippen LogP contribution in [0.3, 0.4) is 0 Å². The number of benzene rings is 1. The molecule has 1 aliphatic heterocycles. The molecule has 0 radical (unpaired) electrons. The molecule has 1 saturated heterocycles. The maximum Gasteiger partial charge on any atom is 0.255 e. The molecule has 164 valence electrons. The van der Waals surface area contributed by atoms with E-state index in [1.165, 1.54) is 12.1 Å². The number of hydrogen-bond acceptors (Lipinski definition) is 5. The third-order valence-corrected chi connectivity index (χ3v) is 6.47. The van der Waals surface area contributed by atoms with Crippen LogP contribution in [0.15, 0.2) is 48.9 Å². The third kappa shape index (κ3) is 3.49. The molecule has 1 aliphatic carbocycles. The Morgan fingerprint density at radius 2 is 1.84 bits per heavy atom. The van der Waals surface area contributed by atoms with Crippen LogP contribution in [0.1, 0.15) is 35.7 Å². The standard InChI is InChI=1S/C24H22F2N4O2/c1-13-6-7-21(27-10-13)32-20-9-15-8-19(20)30(14(15)2)24(31)17-4-3-5-18(26)22(17)23-28-11-16(25)12-29-23/h3-7,10-12,14-15,19-20H,8-9H2,1-2H3. The molecule has 2 fully saturated rings. The minimum atomic E-state index is -0.631. The molecule has 1 saturated carbocycles. The fraction of sp³-hybridized carbons (Fsp3) is 0.333. The van der Waals surface area contributed by atoms with Crippen LogP contribution in [0, 0.1) is 24.5 Å². The van der Waals surface area contributed by atoms with Gasteiger partial charge >= 0.3 is 0 Å². The molecule has 0 spiro atoms. The van der Waals surface area contributed by atoms with Gasteiger partial charge in [0, 0.05) is 18.3 Å². The number of hydrogen-bond donors (Lipinski definition) is 0. The van der Waals surface area contributed by atoms with E-state index in [0.29, 0.717) is 11.8 Å². The van der Waals surface area contributed by atoms with E-state index in [1.54, 1.807) is 17.2 Å². The third-order valence-electron chi connectivity index (χ3n) is 6.47. The summed E-state index contributed by atoms with van der Waals surface area (Å²) in [6, 6.07) is 7.89. The molecule has 6 nitrogen and oxygen atoms in total. The summed E-state index contributed by atoms with van der Waals surface area (Å²) in [6.45, 7) is 3.97. The first-order valence-electron chi connectivity index (χ1n) is 10.6. The maximum atomic E-state index is 14.8. The van der Waals surface area contributed by atoms with Crippen molar-refractivity contribution in [2.24, 2.45) is 5.92 Å². The van der Waals surface area contributed by atoms with Gasteiger partial charge in [0.05, 0.1) is 29.6 Å². The number of piperidine rings is 1. The lowest BCUT2D eigenvalue weighted by Crippen LogP contribution is -2.51. The zero-order valence-corrected chi connectivity index (χ0v) is 17.7. The van der Waals surface area contributed by atoms with Crippen LogP contribution in [-0.2, 0) is 0 Å². The van der Waals surface area contributed by atoms with E-state index < -0.39 is 11.6 Å². The Balaban J connectivity index is 1.46. The van der Waals surface area contributed by atoms with Crippen LogP contribution in [-0.4, -0.2) is 43.9 Å². The number of aromatic nitrogens is 3. The van der Waals surface area contributed by atoms with Gasteiger partial charge in [-0.15, -0.1) is 0 Å². The zero-order chi connectivity index (χ0) is 22.4. The number of nitrogens with zero attached hydrogens (tertiary/aromatic N) is 4. The fourth-order valence-electron chi connectivity index (χ4n) is 4.88. The van der Waals surface area contributed by atoms with Gasteiger partial charge in [0.15, 0.2) is 11.6 Å². The van der Waals surface area contributed by atoms with Crippen molar-refractivity contribution >= 4 is 5.91 Å². The molecule has 4 unspecified atom stereocenters. The number of rotatable bonds is 4. The first kappa shape index (κ1) is 20.5. The Morgan fingerprint density at radius 3 is 2.53 bits per heavy atom. The van der Waals surface area contributed by atoms with Crippen LogP contribution in [0.25, 0.3) is 11.4 Å². The first-order valence-corrected chi connectivity index (χ1v) is 10.6. The number of ether oxygens (including phenoxy) is 1. The van der Waals surface area contributed by atoms with Crippen LogP contribution < -0.4 is 4.74 Å². The minimum absolute atomic E-state index is 0.0106. The van der Waals surface area contributed by atoms with Crippen LogP contribution >= 0.6 is 0 Å². The van der Waals surface area contributed by atoms with E-state index in [0.717, 1.165) is 30.8 Å². The zero-order valence-electron chi connectivity index (χ0n) is 17.7. The second-order valence-electron chi connectivity index (χ2n) is 8.47. The molecule has 1 aromatic carbocycles. The van der Waals surface area contributed by atoms with Crippen LogP contribution in [0.4, 0.5) is 8.78 Å². The predicted molar refractivity (Wildman–Crippen MR) is 113 cm³/mol. The van der Waals surface area contributed by atoms with Crippen molar-refractivity contribution in [3.05, 3.63) is 71.7 Å². The average Bonchev–Trinajstić information content (AvgIpc) is 3.33. The Bertz CT molecular complexity index is 1150. The Morgan fingerprint density at radius 1 is 1.06 bits per heavy atom. The van der Waals surface area contributed by atoms with Crippen molar-refractivity contribution in [3.63, 3.8) is 0 Å².